The van der Waals surface area contributed by atoms with E-state index in [1.807, 2.05) is 43.3 Å². The standard InChI is InChI=1S/C21H21N5O2/c1-14-4-3-5-16(12-14)13-22-21(28)19-10-11-20(26-25-19)24-18-8-6-17(7-9-18)23-15(2)27/h3-12H,13H2,1-2H3,(H,22,28)(H,23,27)(H,24,26). The van der Waals surface area contributed by atoms with E-state index in [9.17, 15) is 9.59 Å². The molecule has 7 nitrogen and oxygen atoms in total. The van der Waals surface area contributed by atoms with Crippen molar-refractivity contribution in [2.75, 3.05) is 10.6 Å². The van der Waals surface area contributed by atoms with Crippen LogP contribution in [0.4, 0.5) is 17.2 Å². The molecule has 0 aliphatic carbocycles. The van der Waals surface area contributed by atoms with Crippen LogP contribution >= 0.6 is 0 Å². The summed E-state index contributed by atoms with van der Waals surface area (Å²) in [4.78, 5) is 23.3. The van der Waals surface area contributed by atoms with Crippen molar-refractivity contribution in [1.82, 2.24) is 15.5 Å². The molecule has 0 spiro atoms. The monoisotopic (exact) mass is 375 g/mol. The van der Waals surface area contributed by atoms with Gasteiger partial charge in [0.1, 0.15) is 0 Å². The van der Waals surface area contributed by atoms with E-state index in [-0.39, 0.29) is 17.5 Å². The van der Waals surface area contributed by atoms with Gasteiger partial charge in [-0.2, -0.15) is 0 Å². The molecule has 3 aromatic rings. The van der Waals surface area contributed by atoms with Gasteiger partial charge in [0, 0.05) is 24.8 Å². The Balaban J connectivity index is 1.56. The fraction of sp³-hybridized carbons (Fsp3) is 0.143. The molecule has 0 atom stereocenters. The van der Waals surface area contributed by atoms with Gasteiger partial charge in [-0.1, -0.05) is 29.8 Å². The van der Waals surface area contributed by atoms with Crippen molar-refractivity contribution in [2.24, 2.45) is 0 Å². The molecule has 0 bridgehead atoms. The summed E-state index contributed by atoms with van der Waals surface area (Å²) < 4.78 is 0. The Morgan fingerprint density at radius 2 is 1.68 bits per heavy atom. The maximum Gasteiger partial charge on any atom is 0.272 e. The van der Waals surface area contributed by atoms with Gasteiger partial charge in [-0.25, -0.2) is 0 Å². The minimum atomic E-state index is -0.278. The number of nitrogens with one attached hydrogen (secondary N) is 3. The van der Waals surface area contributed by atoms with E-state index in [0.717, 1.165) is 16.8 Å². The summed E-state index contributed by atoms with van der Waals surface area (Å²) in [7, 11) is 0. The molecule has 0 aliphatic rings. The fourth-order valence-corrected chi connectivity index (χ4v) is 2.60. The van der Waals surface area contributed by atoms with Crippen LogP contribution in [0.15, 0.2) is 60.7 Å². The fourth-order valence-electron chi connectivity index (χ4n) is 2.60. The lowest BCUT2D eigenvalue weighted by Crippen LogP contribution is -2.24. The van der Waals surface area contributed by atoms with E-state index in [1.54, 1.807) is 24.3 Å². The molecule has 0 radical (unpaired) electrons. The largest absolute Gasteiger partial charge is 0.347 e. The highest BCUT2D eigenvalue weighted by Crippen LogP contribution is 2.17. The Morgan fingerprint density at radius 3 is 2.32 bits per heavy atom. The number of nitrogens with zero attached hydrogens (tertiary/aromatic N) is 2. The summed E-state index contributed by atoms with van der Waals surface area (Å²) in [5.74, 6) is 0.116. The van der Waals surface area contributed by atoms with E-state index in [2.05, 4.69) is 26.1 Å². The molecule has 3 N–H and O–H groups in total. The minimum absolute atomic E-state index is 0.122. The van der Waals surface area contributed by atoms with Gasteiger partial charge in [-0.15, -0.1) is 10.2 Å². The molecule has 0 unspecified atom stereocenters. The van der Waals surface area contributed by atoms with E-state index >= 15 is 0 Å². The van der Waals surface area contributed by atoms with Gasteiger partial charge in [0.2, 0.25) is 5.91 Å². The van der Waals surface area contributed by atoms with Crippen LogP contribution in [0.25, 0.3) is 0 Å². The smallest absolute Gasteiger partial charge is 0.272 e. The van der Waals surface area contributed by atoms with Crippen LogP contribution < -0.4 is 16.0 Å². The van der Waals surface area contributed by atoms with Crippen molar-refractivity contribution >= 4 is 29.0 Å². The zero-order chi connectivity index (χ0) is 19.9. The second-order valence-electron chi connectivity index (χ2n) is 6.36. The number of aromatic nitrogens is 2. The van der Waals surface area contributed by atoms with E-state index in [0.29, 0.717) is 18.1 Å². The molecule has 2 amide bonds. The lowest BCUT2D eigenvalue weighted by molar-refractivity contribution is -0.114. The number of hydrogen-bond donors (Lipinski definition) is 3. The first-order valence-corrected chi connectivity index (χ1v) is 8.82. The maximum absolute atomic E-state index is 12.2. The molecule has 3 rings (SSSR count). The van der Waals surface area contributed by atoms with Crippen molar-refractivity contribution in [3.8, 4) is 0 Å². The Labute approximate surface area is 163 Å². The number of benzene rings is 2. The van der Waals surface area contributed by atoms with Crippen LogP contribution in [0, 0.1) is 6.92 Å². The molecule has 142 valence electrons. The van der Waals surface area contributed by atoms with Crippen LogP contribution in [-0.4, -0.2) is 22.0 Å². The first kappa shape index (κ1) is 19.0. The third-order valence-corrected chi connectivity index (χ3v) is 3.91. The van der Waals surface area contributed by atoms with E-state index < -0.39 is 0 Å². The molecular formula is C21H21N5O2. The maximum atomic E-state index is 12.2. The number of aryl methyl sites for hydroxylation is 1. The van der Waals surface area contributed by atoms with Crippen LogP contribution in [0.1, 0.15) is 28.5 Å². The Kier molecular flexibility index (Phi) is 5.96. The predicted molar refractivity (Wildman–Crippen MR) is 108 cm³/mol. The lowest BCUT2D eigenvalue weighted by Gasteiger charge is -2.08. The van der Waals surface area contributed by atoms with Crippen molar-refractivity contribution in [2.45, 2.75) is 20.4 Å². The zero-order valence-corrected chi connectivity index (χ0v) is 15.7. The second kappa shape index (κ2) is 8.77. The van der Waals surface area contributed by atoms with Gasteiger partial charge in [0.15, 0.2) is 11.5 Å². The number of hydrogen-bond acceptors (Lipinski definition) is 5. The highest BCUT2D eigenvalue weighted by atomic mass is 16.2. The number of amides is 2. The Hall–Kier alpha value is -3.74. The van der Waals surface area contributed by atoms with Gasteiger partial charge >= 0.3 is 0 Å². The third kappa shape index (κ3) is 5.38. The van der Waals surface area contributed by atoms with Gasteiger partial charge < -0.3 is 16.0 Å². The molecule has 1 heterocycles. The average Bonchev–Trinajstić information content (AvgIpc) is 2.68. The average molecular weight is 375 g/mol. The first-order chi connectivity index (χ1) is 13.5. The first-order valence-electron chi connectivity index (χ1n) is 8.82. The molecule has 2 aromatic carbocycles. The van der Waals surface area contributed by atoms with Crippen molar-refractivity contribution < 1.29 is 9.59 Å². The summed E-state index contributed by atoms with van der Waals surface area (Å²) >= 11 is 0. The molecule has 0 fully saturated rings. The van der Waals surface area contributed by atoms with Crippen molar-refractivity contribution in [3.05, 3.63) is 77.5 Å². The van der Waals surface area contributed by atoms with Crippen molar-refractivity contribution in [1.29, 1.82) is 0 Å². The van der Waals surface area contributed by atoms with Gasteiger partial charge in [0.25, 0.3) is 5.91 Å². The molecule has 7 heteroatoms. The SMILES string of the molecule is CC(=O)Nc1ccc(Nc2ccc(C(=O)NCc3cccc(C)c3)nn2)cc1. The van der Waals surface area contributed by atoms with Crippen LogP contribution in [0.2, 0.25) is 0 Å². The Bertz CT molecular complexity index is 969. The number of carbonyl (C=O) groups is 2. The molecule has 0 saturated carbocycles. The summed E-state index contributed by atoms with van der Waals surface area (Å²) in [5, 5.41) is 16.7. The van der Waals surface area contributed by atoms with E-state index in [1.165, 1.54) is 6.92 Å². The Morgan fingerprint density at radius 1 is 0.929 bits per heavy atom. The quantitative estimate of drug-likeness (QED) is 0.613. The van der Waals surface area contributed by atoms with Crippen LogP contribution in [0.5, 0.6) is 0 Å². The highest BCUT2D eigenvalue weighted by molar-refractivity contribution is 5.92. The third-order valence-electron chi connectivity index (χ3n) is 3.91. The lowest BCUT2D eigenvalue weighted by atomic mass is 10.1. The normalized spacial score (nSPS) is 10.2. The van der Waals surface area contributed by atoms with Crippen LogP contribution in [0.3, 0.4) is 0 Å². The molecule has 28 heavy (non-hydrogen) atoms. The summed E-state index contributed by atoms with van der Waals surface area (Å²) in [6, 6.07) is 18.5. The topological polar surface area (TPSA) is 96.0 Å². The number of carbonyl (C=O) groups excluding carboxylic acids is 2. The molecular weight excluding hydrogens is 354 g/mol. The molecule has 0 saturated heterocycles. The highest BCUT2D eigenvalue weighted by Gasteiger charge is 2.08. The van der Waals surface area contributed by atoms with Gasteiger partial charge in [0.05, 0.1) is 0 Å². The summed E-state index contributed by atoms with van der Waals surface area (Å²) in [5.41, 5.74) is 3.93. The summed E-state index contributed by atoms with van der Waals surface area (Å²) in [6.07, 6.45) is 0. The zero-order valence-electron chi connectivity index (χ0n) is 15.7. The molecule has 1 aromatic heterocycles. The molecule has 0 aliphatic heterocycles. The van der Waals surface area contributed by atoms with Crippen LogP contribution in [-0.2, 0) is 11.3 Å². The number of anilines is 3. The van der Waals surface area contributed by atoms with Crippen molar-refractivity contribution in [3.63, 3.8) is 0 Å². The second-order valence-corrected chi connectivity index (χ2v) is 6.36. The minimum Gasteiger partial charge on any atom is -0.347 e. The van der Waals surface area contributed by atoms with Gasteiger partial charge in [-0.05, 0) is 48.9 Å². The number of rotatable bonds is 6. The predicted octanol–water partition coefficient (Wildman–Crippen LogP) is 3.42. The summed E-state index contributed by atoms with van der Waals surface area (Å²) in [6.45, 7) is 3.90. The van der Waals surface area contributed by atoms with Gasteiger partial charge in [-0.3, -0.25) is 9.59 Å². The van der Waals surface area contributed by atoms with E-state index in [4.69, 9.17) is 0 Å².